The third kappa shape index (κ3) is 2.58. The van der Waals surface area contributed by atoms with Gasteiger partial charge in [-0.2, -0.15) is 0 Å². The minimum Gasteiger partial charge on any atom is -0.478 e. The van der Waals surface area contributed by atoms with Crippen molar-refractivity contribution in [2.75, 3.05) is 6.61 Å². The Bertz CT molecular complexity index is 694. The van der Waals surface area contributed by atoms with Crippen molar-refractivity contribution in [2.45, 2.75) is 38.2 Å². The van der Waals surface area contributed by atoms with Crippen LogP contribution in [0.3, 0.4) is 0 Å². The number of nitrogens with zero attached hydrogens (tertiary/aromatic N) is 1. The molecule has 5 heteroatoms. The van der Waals surface area contributed by atoms with Crippen LogP contribution in [0, 0.1) is 0 Å². The number of ether oxygens (including phenoxy) is 2. The van der Waals surface area contributed by atoms with Crippen molar-refractivity contribution < 1.29 is 19.4 Å². The molecule has 5 nitrogen and oxygen atoms in total. The average molecular weight is 301 g/mol. The molecule has 1 aliphatic carbocycles. The fraction of sp³-hybridized carbons (Fsp3) is 0.412. The van der Waals surface area contributed by atoms with E-state index in [0.717, 1.165) is 23.7 Å². The molecule has 0 aliphatic heterocycles. The van der Waals surface area contributed by atoms with Gasteiger partial charge < -0.3 is 14.6 Å². The summed E-state index contributed by atoms with van der Waals surface area (Å²) in [7, 11) is 0. The number of aliphatic carboxylic acids is 1. The van der Waals surface area contributed by atoms with Crippen LogP contribution in [0.2, 0.25) is 0 Å². The Labute approximate surface area is 128 Å². The van der Waals surface area contributed by atoms with Crippen molar-refractivity contribution >= 4 is 16.9 Å². The van der Waals surface area contributed by atoms with E-state index in [-0.39, 0.29) is 0 Å². The van der Waals surface area contributed by atoms with E-state index in [1.54, 1.807) is 6.07 Å². The Balaban J connectivity index is 2.00. The molecule has 116 valence electrons. The average Bonchev–Trinajstić information content (AvgIpc) is 2.48. The van der Waals surface area contributed by atoms with Crippen molar-refractivity contribution in [3.63, 3.8) is 0 Å². The third-order valence-electron chi connectivity index (χ3n) is 3.97. The summed E-state index contributed by atoms with van der Waals surface area (Å²) in [5, 5.41) is 10.3. The number of carboxylic acids is 1. The molecule has 0 atom stereocenters. The Morgan fingerprint density at radius 1 is 1.36 bits per heavy atom. The van der Waals surface area contributed by atoms with Gasteiger partial charge in [-0.1, -0.05) is 19.1 Å². The SMILES string of the molecule is CCCOc1cc(OC2(C(=O)O)CCC2)c2ccccc2n1. The van der Waals surface area contributed by atoms with Gasteiger partial charge in [-0.15, -0.1) is 0 Å². The highest BCUT2D eigenvalue weighted by molar-refractivity contribution is 5.87. The summed E-state index contributed by atoms with van der Waals surface area (Å²) in [5.41, 5.74) is -0.363. The first-order chi connectivity index (χ1) is 10.6. The number of rotatable bonds is 6. The molecule has 0 radical (unpaired) electrons. The molecule has 1 N–H and O–H groups in total. The molecule has 1 heterocycles. The van der Waals surface area contributed by atoms with E-state index in [1.165, 1.54) is 0 Å². The molecule has 0 bridgehead atoms. The van der Waals surface area contributed by atoms with Crippen molar-refractivity contribution in [3.8, 4) is 11.6 Å². The van der Waals surface area contributed by atoms with Gasteiger partial charge in [0.25, 0.3) is 0 Å². The highest BCUT2D eigenvalue weighted by Crippen LogP contribution is 2.40. The second-order valence-electron chi connectivity index (χ2n) is 5.58. The van der Waals surface area contributed by atoms with Crippen LogP contribution in [-0.4, -0.2) is 28.3 Å². The van der Waals surface area contributed by atoms with Gasteiger partial charge in [0.1, 0.15) is 5.75 Å². The predicted octanol–water partition coefficient (Wildman–Crippen LogP) is 3.41. The normalized spacial score (nSPS) is 16.0. The lowest BCUT2D eigenvalue weighted by atomic mass is 9.80. The molecule has 1 aliphatic rings. The molecule has 3 rings (SSSR count). The van der Waals surface area contributed by atoms with Crippen LogP contribution in [0.15, 0.2) is 30.3 Å². The maximum absolute atomic E-state index is 11.5. The molecule has 1 fully saturated rings. The first kappa shape index (κ1) is 14.6. The zero-order valence-corrected chi connectivity index (χ0v) is 12.5. The number of benzene rings is 1. The maximum Gasteiger partial charge on any atom is 0.348 e. The zero-order chi connectivity index (χ0) is 15.6. The molecule has 0 spiro atoms. The summed E-state index contributed by atoms with van der Waals surface area (Å²) < 4.78 is 11.5. The van der Waals surface area contributed by atoms with E-state index in [0.29, 0.717) is 31.1 Å². The summed E-state index contributed by atoms with van der Waals surface area (Å²) in [5.74, 6) is 0.0879. The smallest absolute Gasteiger partial charge is 0.348 e. The number of para-hydroxylation sites is 1. The summed E-state index contributed by atoms with van der Waals surface area (Å²) in [6.07, 6.45) is 2.81. The Hall–Kier alpha value is -2.30. The number of carbonyl (C=O) groups is 1. The topological polar surface area (TPSA) is 68.7 Å². The lowest BCUT2D eigenvalue weighted by molar-refractivity contribution is -0.163. The van der Waals surface area contributed by atoms with Crippen LogP contribution in [0.4, 0.5) is 0 Å². The Kier molecular flexibility index (Phi) is 3.88. The van der Waals surface area contributed by atoms with Crippen molar-refractivity contribution in [2.24, 2.45) is 0 Å². The lowest BCUT2D eigenvalue weighted by Crippen LogP contribution is -2.50. The van der Waals surface area contributed by atoms with Crippen LogP contribution >= 0.6 is 0 Å². The monoisotopic (exact) mass is 301 g/mol. The van der Waals surface area contributed by atoms with Crippen LogP contribution in [0.1, 0.15) is 32.6 Å². The molecule has 0 saturated heterocycles. The quantitative estimate of drug-likeness (QED) is 0.885. The second-order valence-corrected chi connectivity index (χ2v) is 5.58. The van der Waals surface area contributed by atoms with Crippen LogP contribution < -0.4 is 9.47 Å². The van der Waals surface area contributed by atoms with Gasteiger partial charge in [0.05, 0.1) is 12.1 Å². The van der Waals surface area contributed by atoms with E-state index in [1.807, 2.05) is 31.2 Å². The van der Waals surface area contributed by atoms with Crippen molar-refractivity contribution in [3.05, 3.63) is 30.3 Å². The number of pyridine rings is 1. The standard InChI is InChI=1S/C17H19NO4/c1-2-10-21-15-11-14(12-6-3-4-7-13(12)18-15)22-17(16(19)20)8-5-9-17/h3-4,6-7,11H,2,5,8-10H2,1H3,(H,19,20). The molecule has 1 aromatic carbocycles. The van der Waals surface area contributed by atoms with E-state index < -0.39 is 11.6 Å². The van der Waals surface area contributed by atoms with Gasteiger partial charge in [-0.25, -0.2) is 9.78 Å². The Morgan fingerprint density at radius 3 is 2.77 bits per heavy atom. The van der Waals surface area contributed by atoms with Crippen LogP contribution in [-0.2, 0) is 4.79 Å². The van der Waals surface area contributed by atoms with Crippen molar-refractivity contribution in [1.29, 1.82) is 0 Å². The molecule has 2 aromatic rings. The lowest BCUT2D eigenvalue weighted by Gasteiger charge is -2.37. The molecule has 0 amide bonds. The fourth-order valence-electron chi connectivity index (χ4n) is 2.55. The van der Waals surface area contributed by atoms with Gasteiger partial charge in [-0.3, -0.25) is 0 Å². The van der Waals surface area contributed by atoms with E-state index in [9.17, 15) is 9.90 Å². The summed E-state index contributed by atoms with van der Waals surface area (Å²) in [6.45, 7) is 2.58. The molecule has 0 unspecified atom stereocenters. The zero-order valence-electron chi connectivity index (χ0n) is 12.5. The summed E-state index contributed by atoms with van der Waals surface area (Å²) in [6, 6.07) is 9.22. The molecule has 1 saturated carbocycles. The largest absolute Gasteiger partial charge is 0.478 e. The first-order valence-corrected chi connectivity index (χ1v) is 7.59. The number of aromatic nitrogens is 1. The van der Waals surface area contributed by atoms with E-state index >= 15 is 0 Å². The third-order valence-corrected chi connectivity index (χ3v) is 3.97. The van der Waals surface area contributed by atoms with Crippen LogP contribution in [0.5, 0.6) is 11.6 Å². The summed E-state index contributed by atoms with van der Waals surface area (Å²) in [4.78, 5) is 16.0. The molecular weight excluding hydrogens is 282 g/mol. The van der Waals surface area contributed by atoms with Gasteiger partial charge in [-0.05, 0) is 37.8 Å². The number of hydrogen-bond donors (Lipinski definition) is 1. The minimum atomic E-state index is -1.11. The van der Waals surface area contributed by atoms with Gasteiger partial charge in [0.15, 0.2) is 0 Å². The van der Waals surface area contributed by atoms with Crippen molar-refractivity contribution in [1.82, 2.24) is 4.98 Å². The van der Waals surface area contributed by atoms with Gasteiger partial charge >= 0.3 is 5.97 Å². The number of carboxylic acid groups (broad SMARTS) is 1. The highest BCUT2D eigenvalue weighted by atomic mass is 16.5. The van der Waals surface area contributed by atoms with Gasteiger partial charge in [0.2, 0.25) is 11.5 Å². The fourth-order valence-corrected chi connectivity index (χ4v) is 2.55. The molecule has 22 heavy (non-hydrogen) atoms. The molecule has 1 aromatic heterocycles. The van der Waals surface area contributed by atoms with E-state index in [2.05, 4.69) is 4.98 Å². The second kappa shape index (κ2) is 5.83. The number of hydrogen-bond acceptors (Lipinski definition) is 4. The minimum absolute atomic E-state index is 0.468. The summed E-state index contributed by atoms with van der Waals surface area (Å²) >= 11 is 0. The maximum atomic E-state index is 11.5. The predicted molar refractivity (Wildman–Crippen MR) is 82.4 cm³/mol. The molecular formula is C17H19NO4. The highest BCUT2D eigenvalue weighted by Gasteiger charge is 2.47. The van der Waals surface area contributed by atoms with Gasteiger partial charge in [0, 0.05) is 11.5 Å². The van der Waals surface area contributed by atoms with Crippen LogP contribution in [0.25, 0.3) is 10.9 Å². The Morgan fingerprint density at radius 2 is 2.14 bits per heavy atom. The first-order valence-electron chi connectivity index (χ1n) is 7.59. The number of fused-ring (bicyclic) bond motifs is 1. The van der Waals surface area contributed by atoms with E-state index in [4.69, 9.17) is 9.47 Å².